The fraction of sp³-hybridized carbons (Fsp3) is 0.588. The van der Waals surface area contributed by atoms with Crippen molar-refractivity contribution in [2.45, 2.75) is 40.2 Å². The van der Waals surface area contributed by atoms with Crippen LogP contribution in [0.5, 0.6) is 0 Å². The third kappa shape index (κ3) is 4.82. The first-order valence-corrected chi connectivity index (χ1v) is 8.39. The van der Waals surface area contributed by atoms with Crippen molar-refractivity contribution < 1.29 is 4.79 Å². The number of aryl methyl sites for hydroxylation is 1. The van der Waals surface area contributed by atoms with E-state index in [1.807, 2.05) is 0 Å². The van der Waals surface area contributed by atoms with Gasteiger partial charge in [-0.3, -0.25) is 9.69 Å². The number of piperidine rings is 1. The average Bonchev–Trinajstić information content (AvgIpc) is 2.44. The summed E-state index contributed by atoms with van der Waals surface area (Å²) in [6.07, 6.45) is 2.28. The van der Waals surface area contributed by atoms with Crippen LogP contribution in [-0.2, 0) is 11.3 Å². The number of likely N-dealkylation sites (tertiary alicyclic amines) is 1. The molecule has 1 saturated heterocycles. The van der Waals surface area contributed by atoms with Gasteiger partial charge in [-0.2, -0.15) is 0 Å². The van der Waals surface area contributed by atoms with E-state index < -0.39 is 0 Å². The molecule has 2 rings (SSSR count). The maximum Gasteiger partial charge on any atom is 0.216 e. The van der Waals surface area contributed by atoms with Crippen LogP contribution in [0.4, 0.5) is 0 Å². The van der Waals surface area contributed by atoms with Crippen molar-refractivity contribution in [3.63, 3.8) is 0 Å². The summed E-state index contributed by atoms with van der Waals surface area (Å²) in [5, 5.41) is 2.97. The number of hydrogen-bond acceptors (Lipinski definition) is 2. The Morgan fingerprint density at radius 3 is 2.62 bits per heavy atom. The van der Waals surface area contributed by atoms with Crippen LogP contribution in [-0.4, -0.2) is 30.4 Å². The molecular formula is C17H25BrN2O. The highest BCUT2D eigenvalue weighted by atomic mass is 79.9. The normalized spacial score (nSPS) is 18.5. The van der Waals surface area contributed by atoms with E-state index in [2.05, 4.69) is 58.2 Å². The molecular weight excluding hydrogens is 328 g/mol. The number of benzene rings is 1. The van der Waals surface area contributed by atoms with Crippen molar-refractivity contribution in [3.8, 4) is 0 Å². The molecule has 0 saturated carbocycles. The van der Waals surface area contributed by atoms with Crippen LogP contribution in [0.15, 0.2) is 22.7 Å². The molecule has 1 fully saturated rings. The Kier molecular flexibility index (Phi) is 5.44. The van der Waals surface area contributed by atoms with Gasteiger partial charge in [-0.25, -0.2) is 0 Å². The molecule has 0 aromatic heterocycles. The minimum absolute atomic E-state index is 0.0731. The topological polar surface area (TPSA) is 32.3 Å². The number of hydrogen-bond donors (Lipinski definition) is 1. The predicted octanol–water partition coefficient (Wildman–Crippen LogP) is 3.50. The van der Waals surface area contributed by atoms with Crippen LogP contribution in [0.25, 0.3) is 0 Å². The van der Waals surface area contributed by atoms with Crippen molar-refractivity contribution >= 4 is 21.8 Å². The summed E-state index contributed by atoms with van der Waals surface area (Å²) in [6, 6.07) is 6.59. The number of nitrogens with zero attached hydrogens (tertiary/aromatic N) is 1. The van der Waals surface area contributed by atoms with Crippen molar-refractivity contribution in [2.24, 2.45) is 5.41 Å². The monoisotopic (exact) mass is 352 g/mol. The Bertz CT molecular complexity index is 508. The summed E-state index contributed by atoms with van der Waals surface area (Å²) in [5.74, 6) is 0.0731. The molecule has 1 N–H and O–H groups in total. The van der Waals surface area contributed by atoms with E-state index in [9.17, 15) is 4.79 Å². The highest BCUT2D eigenvalue weighted by molar-refractivity contribution is 9.10. The third-order valence-corrected chi connectivity index (χ3v) is 5.35. The van der Waals surface area contributed by atoms with Crippen LogP contribution in [0.2, 0.25) is 0 Å². The molecule has 0 spiro atoms. The second-order valence-corrected chi connectivity index (χ2v) is 7.43. The van der Waals surface area contributed by atoms with Gasteiger partial charge in [0.2, 0.25) is 5.91 Å². The van der Waals surface area contributed by atoms with Gasteiger partial charge in [0.05, 0.1) is 0 Å². The minimum Gasteiger partial charge on any atom is -0.356 e. The highest BCUT2D eigenvalue weighted by Gasteiger charge is 2.30. The summed E-state index contributed by atoms with van der Waals surface area (Å²) in [6.45, 7) is 10.0. The van der Waals surface area contributed by atoms with E-state index >= 15 is 0 Å². The fourth-order valence-corrected chi connectivity index (χ4v) is 3.08. The summed E-state index contributed by atoms with van der Waals surface area (Å²) in [7, 11) is 0. The second-order valence-electron chi connectivity index (χ2n) is 6.58. The van der Waals surface area contributed by atoms with Gasteiger partial charge in [0.15, 0.2) is 0 Å². The van der Waals surface area contributed by atoms with Gasteiger partial charge >= 0.3 is 0 Å². The van der Waals surface area contributed by atoms with Crippen LogP contribution < -0.4 is 5.32 Å². The summed E-state index contributed by atoms with van der Waals surface area (Å²) in [4.78, 5) is 13.6. The van der Waals surface area contributed by atoms with Crippen molar-refractivity contribution in [3.05, 3.63) is 33.8 Å². The molecule has 0 unspecified atom stereocenters. The lowest BCUT2D eigenvalue weighted by Gasteiger charge is -2.39. The number of amides is 1. The molecule has 21 heavy (non-hydrogen) atoms. The standard InChI is InChI=1S/C17H25BrN2O/c1-13-10-15(4-5-16(13)18)11-20-8-6-17(3,7-9-20)12-19-14(2)21/h4-5,10H,6-9,11-12H2,1-3H3,(H,19,21). The number of carbonyl (C=O) groups excluding carboxylic acids is 1. The van der Waals surface area contributed by atoms with Crippen molar-refractivity contribution in [2.75, 3.05) is 19.6 Å². The molecule has 0 bridgehead atoms. The molecule has 3 nitrogen and oxygen atoms in total. The number of halogens is 1. The van der Waals surface area contributed by atoms with Crippen molar-refractivity contribution in [1.29, 1.82) is 0 Å². The highest BCUT2D eigenvalue weighted by Crippen LogP contribution is 2.31. The van der Waals surface area contributed by atoms with Gasteiger partial charge in [0.25, 0.3) is 0 Å². The van der Waals surface area contributed by atoms with E-state index in [-0.39, 0.29) is 11.3 Å². The number of carbonyl (C=O) groups is 1. The van der Waals surface area contributed by atoms with E-state index in [0.717, 1.165) is 39.0 Å². The van der Waals surface area contributed by atoms with Crippen LogP contribution in [0.1, 0.15) is 37.8 Å². The first kappa shape index (κ1) is 16.5. The van der Waals surface area contributed by atoms with Gasteiger partial charge in [-0.05, 0) is 55.5 Å². The molecule has 4 heteroatoms. The SMILES string of the molecule is CC(=O)NCC1(C)CCN(Cc2ccc(Br)c(C)c2)CC1. The summed E-state index contributed by atoms with van der Waals surface area (Å²) in [5.41, 5.74) is 2.92. The summed E-state index contributed by atoms with van der Waals surface area (Å²) >= 11 is 3.55. The smallest absolute Gasteiger partial charge is 0.216 e. The lowest BCUT2D eigenvalue weighted by Crippen LogP contribution is -2.44. The second kappa shape index (κ2) is 6.93. The molecule has 0 atom stereocenters. The molecule has 1 aliphatic rings. The lowest BCUT2D eigenvalue weighted by atomic mass is 9.80. The largest absolute Gasteiger partial charge is 0.356 e. The van der Waals surface area contributed by atoms with Gasteiger partial charge in [-0.1, -0.05) is 35.0 Å². The first-order valence-electron chi connectivity index (χ1n) is 7.60. The van der Waals surface area contributed by atoms with Gasteiger partial charge < -0.3 is 5.32 Å². The Morgan fingerprint density at radius 2 is 2.05 bits per heavy atom. The quantitative estimate of drug-likeness (QED) is 0.899. The Morgan fingerprint density at radius 1 is 1.38 bits per heavy atom. The maximum absolute atomic E-state index is 11.1. The van der Waals surface area contributed by atoms with Gasteiger partial charge in [0, 0.05) is 24.5 Å². The zero-order valence-corrected chi connectivity index (χ0v) is 14.8. The molecule has 0 aliphatic carbocycles. The third-order valence-electron chi connectivity index (χ3n) is 4.46. The van der Waals surface area contributed by atoms with E-state index in [4.69, 9.17) is 0 Å². The minimum atomic E-state index is 0.0731. The van der Waals surface area contributed by atoms with Crippen LogP contribution in [0, 0.1) is 12.3 Å². The van der Waals surface area contributed by atoms with E-state index in [1.165, 1.54) is 15.6 Å². The summed E-state index contributed by atoms with van der Waals surface area (Å²) < 4.78 is 1.17. The van der Waals surface area contributed by atoms with Gasteiger partial charge in [-0.15, -0.1) is 0 Å². The molecule has 1 heterocycles. The fourth-order valence-electron chi connectivity index (χ4n) is 2.83. The van der Waals surface area contributed by atoms with Gasteiger partial charge in [0.1, 0.15) is 0 Å². The lowest BCUT2D eigenvalue weighted by molar-refractivity contribution is -0.119. The maximum atomic E-state index is 11.1. The first-order chi connectivity index (χ1) is 9.88. The number of nitrogens with one attached hydrogen (secondary N) is 1. The number of rotatable bonds is 4. The zero-order chi connectivity index (χ0) is 15.5. The Hall–Kier alpha value is -0.870. The molecule has 1 aromatic rings. The van der Waals surface area contributed by atoms with Crippen LogP contribution >= 0.6 is 15.9 Å². The van der Waals surface area contributed by atoms with E-state index in [1.54, 1.807) is 6.92 Å². The zero-order valence-electron chi connectivity index (χ0n) is 13.2. The van der Waals surface area contributed by atoms with Crippen molar-refractivity contribution in [1.82, 2.24) is 10.2 Å². The Balaban J connectivity index is 1.86. The molecule has 0 radical (unpaired) electrons. The molecule has 116 valence electrons. The predicted molar refractivity (Wildman–Crippen MR) is 90.2 cm³/mol. The Labute approximate surface area is 136 Å². The molecule has 1 amide bonds. The van der Waals surface area contributed by atoms with Crippen LogP contribution in [0.3, 0.4) is 0 Å². The molecule has 1 aromatic carbocycles. The average molecular weight is 353 g/mol. The molecule has 1 aliphatic heterocycles. The van der Waals surface area contributed by atoms with E-state index in [0.29, 0.717) is 0 Å².